The zero-order valence-electron chi connectivity index (χ0n) is 12.3. The van der Waals surface area contributed by atoms with Crippen LogP contribution in [0.5, 0.6) is 0 Å². The summed E-state index contributed by atoms with van der Waals surface area (Å²) in [5.74, 6) is 0. The number of hydrogen-bond acceptors (Lipinski definition) is 2. The van der Waals surface area contributed by atoms with Crippen molar-refractivity contribution in [2.24, 2.45) is 0 Å². The topological polar surface area (TPSA) is 44.4 Å². The highest BCUT2D eigenvalue weighted by atomic mass is 16.2. The van der Waals surface area contributed by atoms with E-state index in [1.807, 2.05) is 18.2 Å². The van der Waals surface area contributed by atoms with E-state index in [0.29, 0.717) is 0 Å². The summed E-state index contributed by atoms with van der Waals surface area (Å²) in [6, 6.07) is 7.94. The lowest BCUT2D eigenvalue weighted by Gasteiger charge is -2.21. The first-order valence-corrected chi connectivity index (χ1v) is 7.70. The number of benzene rings is 1. The second-order valence-electron chi connectivity index (χ2n) is 5.30. The number of hydrogen-bond donors (Lipinski definition) is 2. The molecule has 20 heavy (non-hydrogen) atoms. The lowest BCUT2D eigenvalue weighted by atomic mass is 10.2. The predicted molar refractivity (Wildman–Crippen MR) is 84.4 cm³/mol. The highest BCUT2D eigenvalue weighted by molar-refractivity contribution is 5.93. The zero-order chi connectivity index (χ0) is 14.2. The average molecular weight is 275 g/mol. The third-order valence-electron chi connectivity index (χ3n) is 3.66. The molecule has 0 saturated carbocycles. The smallest absolute Gasteiger partial charge is 0.319 e. The molecule has 1 saturated heterocycles. The Hall–Kier alpha value is -1.71. The van der Waals surface area contributed by atoms with Gasteiger partial charge in [0, 0.05) is 19.6 Å². The summed E-state index contributed by atoms with van der Waals surface area (Å²) < 4.78 is 0. The van der Waals surface area contributed by atoms with Crippen LogP contribution in [0.3, 0.4) is 0 Å². The summed E-state index contributed by atoms with van der Waals surface area (Å²) in [6.45, 7) is 5.06. The van der Waals surface area contributed by atoms with Crippen LogP contribution in [0.15, 0.2) is 24.3 Å². The Bertz CT molecular complexity index is 427. The van der Waals surface area contributed by atoms with Gasteiger partial charge in [-0.15, -0.1) is 0 Å². The molecule has 0 radical (unpaired) electrons. The number of carbonyl (C=O) groups is 1. The SMILES string of the molecule is CCCCCNC(=O)Nc1ccccc1N1CCCC1. The summed E-state index contributed by atoms with van der Waals surface area (Å²) in [5.41, 5.74) is 2.04. The first-order valence-electron chi connectivity index (χ1n) is 7.70. The minimum Gasteiger partial charge on any atom is -0.370 e. The quantitative estimate of drug-likeness (QED) is 0.779. The maximum Gasteiger partial charge on any atom is 0.319 e. The second kappa shape index (κ2) is 7.78. The number of nitrogens with one attached hydrogen (secondary N) is 2. The molecule has 0 aromatic heterocycles. The fraction of sp³-hybridized carbons (Fsp3) is 0.562. The van der Waals surface area contributed by atoms with Crippen molar-refractivity contribution < 1.29 is 4.79 Å². The summed E-state index contributed by atoms with van der Waals surface area (Å²) in [6.07, 6.45) is 5.83. The Morgan fingerprint density at radius 2 is 1.95 bits per heavy atom. The molecule has 0 bridgehead atoms. The Labute approximate surface area is 121 Å². The molecule has 0 unspecified atom stereocenters. The number of urea groups is 1. The van der Waals surface area contributed by atoms with Crippen LogP contribution < -0.4 is 15.5 Å². The molecule has 2 N–H and O–H groups in total. The van der Waals surface area contributed by atoms with Gasteiger partial charge in [0.2, 0.25) is 0 Å². The molecular formula is C16H25N3O. The van der Waals surface area contributed by atoms with Gasteiger partial charge in [-0.05, 0) is 31.4 Å². The molecule has 1 aromatic carbocycles. The molecule has 0 atom stereocenters. The predicted octanol–water partition coefficient (Wildman–Crippen LogP) is 3.60. The van der Waals surface area contributed by atoms with E-state index in [1.54, 1.807) is 0 Å². The van der Waals surface area contributed by atoms with Crippen molar-refractivity contribution in [2.45, 2.75) is 39.0 Å². The first kappa shape index (κ1) is 14.7. The van der Waals surface area contributed by atoms with E-state index in [1.165, 1.54) is 19.3 Å². The Morgan fingerprint density at radius 3 is 2.70 bits per heavy atom. The van der Waals surface area contributed by atoms with Crippen molar-refractivity contribution in [3.8, 4) is 0 Å². The maximum absolute atomic E-state index is 11.9. The van der Waals surface area contributed by atoms with Crippen molar-refractivity contribution in [2.75, 3.05) is 29.9 Å². The third kappa shape index (κ3) is 4.15. The van der Waals surface area contributed by atoms with Gasteiger partial charge < -0.3 is 15.5 Å². The zero-order valence-corrected chi connectivity index (χ0v) is 12.3. The Kier molecular flexibility index (Phi) is 5.71. The highest BCUT2D eigenvalue weighted by Crippen LogP contribution is 2.28. The second-order valence-corrected chi connectivity index (χ2v) is 5.30. The molecule has 110 valence electrons. The van der Waals surface area contributed by atoms with Crippen LogP contribution >= 0.6 is 0 Å². The molecule has 2 amide bonds. The summed E-state index contributed by atoms with van der Waals surface area (Å²) >= 11 is 0. The lowest BCUT2D eigenvalue weighted by Crippen LogP contribution is -2.30. The molecular weight excluding hydrogens is 250 g/mol. The van der Waals surface area contributed by atoms with Crippen molar-refractivity contribution >= 4 is 17.4 Å². The Morgan fingerprint density at radius 1 is 1.20 bits per heavy atom. The summed E-state index contributed by atoms with van der Waals surface area (Å²) in [7, 11) is 0. The van der Waals surface area contributed by atoms with Crippen LogP contribution in [0.2, 0.25) is 0 Å². The molecule has 0 aliphatic carbocycles. The van der Waals surface area contributed by atoms with Crippen LogP contribution in [0.1, 0.15) is 39.0 Å². The highest BCUT2D eigenvalue weighted by Gasteiger charge is 2.16. The van der Waals surface area contributed by atoms with E-state index in [2.05, 4.69) is 28.5 Å². The molecule has 0 spiro atoms. The number of amides is 2. The maximum atomic E-state index is 11.9. The standard InChI is InChI=1S/C16H25N3O/c1-2-3-6-11-17-16(20)18-14-9-4-5-10-15(14)19-12-7-8-13-19/h4-5,9-10H,2-3,6-8,11-13H2,1H3,(H2,17,18,20). The molecule has 4 nitrogen and oxygen atoms in total. The monoisotopic (exact) mass is 275 g/mol. The number of nitrogens with zero attached hydrogens (tertiary/aromatic N) is 1. The number of rotatable bonds is 6. The van der Waals surface area contributed by atoms with Crippen LogP contribution in [0.4, 0.5) is 16.2 Å². The van der Waals surface area contributed by atoms with Crippen molar-refractivity contribution in [1.82, 2.24) is 5.32 Å². The van der Waals surface area contributed by atoms with Gasteiger partial charge in [-0.25, -0.2) is 4.79 Å². The van der Waals surface area contributed by atoms with Crippen molar-refractivity contribution in [3.05, 3.63) is 24.3 Å². The van der Waals surface area contributed by atoms with Crippen molar-refractivity contribution in [1.29, 1.82) is 0 Å². The fourth-order valence-electron chi connectivity index (χ4n) is 2.56. The van der Waals surface area contributed by atoms with Gasteiger partial charge in [-0.1, -0.05) is 31.9 Å². The minimum absolute atomic E-state index is 0.104. The van der Waals surface area contributed by atoms with Gasteiger partial charge in [0.1, 0.15) is 0 Å². The largest absolute Gasteiger partial charge is 0.370 e. The molecule has 2 rings (SSSR count). The van der Waals surface area contributed by atoms with E-state index in [9.17, 15) is 4.79 Å². The molecule has 4 heteroatoms. The van der Waals surface area contributed by atoms with E-state index in [-0.39, 0.29) is 6.03 Å². The van der Waals surface area contributed by atoms with Crippen molar-refractivity contribution in [3.63, 3.8) is 0 Å². The van der Waals surface area contributed by atoms with Crippen LogP contribution in [0.25, 0.3) is 0 Å². The van der Waals surface area contributed by atoms with Gasteiger partial charge in [0.25, 0.3) is 0 Å². The van der Waals surface area contributed by atoms with E-state index >= 15 is 0 Å². The van der Waals surface area contributed by atoms with Gasteiger partial charge in [-0.3, -0.25) is 0 Å². The first-order chi connectivity index (χ1) is 9.81. The number of unbranched alkanes of at least 4 members (excludes halogenated alkanes) is 2. The van der Waals surface area contributed by atoms with Gasteiger partial charge in [0.05, 0.1) is 11.4 Å². The minimum atomic E-state index is -0.104. The molecule has 1 aromatic rings. The molecule has 1 aliphatic rings. The molecule has 1 heterocycles. The third-order valence-corrected chi connectivity index (χ3v) is 3.66. The normalized spacial score (nSPS) is 14.3. The molecule has 1 fully saturated rings. The van der Waals surface area contributed by atoms with E-state index < -0.39 is 0 Å². The Balaban J connectivity index is 1.89. The average Bonchev–Trinajstić information content (AvgIpc) is 2.98. The van der Waals surface area contributed by atoms with Gasteiger partial charge >= 0.3 is 6.03 Å². The van der Waals surface area contributed by atoms with Gasteiger partial charge in [-0.2, -0.15) is 0 Å². The van der Waals surface area contributed by atoms with Crippen LogP contribution in [-0.4, -0.2) is 25.7 Å². The lowest BCUT2D eigenvalue weighted by molar-refractivity contribution is 0.252. The van der Waals surface area contributed by atoms with Gasteiger partial charge in [0.15, 0.2) is 0 Å². The van der Waals surface area contributed by atoms with Crippen LogP contribution in [0, 0.1) is 0 Å². The van der Waals surface area contributed by atoms with Crippen LogP contribution in [-0.2, 0) is 0 Å². The summed E-state index contributed by atoms with van der Waals surface area (Å²) in [5, 5.41) is 5.89. The fourth-order valence-corrected chi connectivity index (χ4v) is 2.56. The molecule has 1 aliphatic heterocycles. The summed E-state index contributed by atoms with van der Waals surface area (Å²) in [4.78, 5) is 14.2. The van der Waals surface area contributed by atoms with E-state index in [4.69, 9.17) is 0 Å². The van der Waals surface area contributed by atoms with E-state index in [0.717, 1.165) is 43.9 Å². The number of carbonyl (C=O) groups excluding carboxylic acids is 1. The number of para-hydroxylation sites is 2. The number of anilines is 2.